The second kappa shape index (κ2) is 8.22. The monoisotopic (exact) mass is 349 g/mol. The minimum atomic E-state index is -1.42. The van der Waals surface area contributed by atoms with Gasteiger partial charge in [0.2, 0.25) is 5.82 Å². The third kappa shape index (κ3) is 4.52. The minimum Gasteiger partial charge on any atom is -0.478 e. The number of rotatable bonds is 8. The molecule has 0 aliphatic rings. The van der Waals surface area contributed by atoms with Gasteiger partial charge in [-0.25, -0.2) is 19.2 Å². The second-order valence-electron chi connectivity index (χ2n) is 5.22. The Labute approximate surface area is 142 Å². The van der Waals surface area contributed by atoms with Crippen molar-refractivity contribution in [2.45, 2.75) is 32.6 Å². The van der Waals surface area contributed by atoms with Crippen LogP contribution in [-0.2, 0) is 16.0 Å². The summed E-state index contributed by atoms with van der Waals surface area (Å²) in [4.78, 5) is 41.3. The molecule has 1 aromatic carbocycles. The third-order valence-corrected chi connectivity index (χ3v) is 3.47. The number of aromatic nitrogens is 2. The molecule has 25 heavy (non-hydrogen) atoms. The zero-order valence-corrected chi connectivity index (χ0v) is 13.5. The van der Waals surface area contributed by atoms with Crippen LogP contribution in [0.3, 0.4) is 0 Å². The maximum Gasteiger partial charge on any atom is 0.338 e. The van der Waals surface area contributed by atoms with E-state index < -0.39 is 17.3 Å². The Morgan fingerprint density at radius 3 is 2.60 bits per heavy atom. The van der Waals surface area contributed by atoms with Gasteiger partial charge in [-0.1, -0.05) is 0 Å². The average Bonchev–Trinajstić information content (AvgIpc) is 2.57. The number of benzene rings is 1. The summed E-state index contributed by atoms with van der Waals surface area (Å²) in [5.41, 5.74) is -0.0462. The van der Waals surface area contributed by atoms with Crippen LogP contribution in [0.2, 0.25) is 0 Å². The molecular formula is C16H16FN3O5. The lowest BCUT2D eigenvalue weighted by Crippen LogP contribution is -2.04. The molecule has 0 saturated carbocycles. The maximum atomic E-state index is 13.7. The topological polar surface area (TPSA) is 119 Å². The van der Waals surface area contributed by atoms with Gasteiger partial charge in [0.1, 0.15) is 5.82 Å². The molecule has 132 valence electrons. The van der Waals surface area contributed by atoms with Crippen molar-refractivity contribution >= 4 is 28.8 Å². The summed E-state index contributed by atoms with van der Waals surface area (Å²) >= 11 is 0. The highest BCUT2D eigenvalue weighted by atomic mass is 19.1. The highest BCUT2D eigenvalue weighted by Gasteiger charge is 2.16. The number of hydrogen-bond donors (Lipinski definition) is 1. The Bertz CT molecular complexity index is 825. The summed E-state index contributed by atoms with van der Waals surface area (Å²) in [5, 5.41) is 11.8. The van der Waals surface area contributed by atoms with Crippen LogP contribution >= 0.6 is 0 Å². The molecule has 0 unspecified atom stereocenters. The summed E-state index contributed by atoms with van der Waals surface area (Å²) < 4.78 is 18.5. The van der Waals surface area contributed by atoms with Crippen LogP contribution in [0.15, 0.2) is 17.3 Å². The van der Waals surface area contributed by atoms with Crippen molar-refractivity contribution in [3.05, 3.63) is 34.1 Å². The van der Waals surface area contributed by atoms with Crippen LogP contribution in [0.4, 0.5) is 10.2 Å². The van der Waals surface area contributed by atoms with E-state index in [9.17, 15) is 18.9 Å². The van der Waals surface area contributed by atoms with Crippen molar-refractivity contribution < 1.29 is 23.8 Å². The molecular weight excluding hydrogens is 333 g/mol. The molecule has 1 N–H and O–H groups in total. The van der Waals surface area contributed by atoms with E-state index >= 15 is 0 Å². The largest absolute Gasteiger partial charge is 0.478 e. The van der Waals surface area contributed by atoms with Gasteiger partial charge in [-0.15, -0.1) is 4.91 Å². The Morgan fingerprint density at radius 2 is 1.96 bits per heavy atom. The molecule has 0 bridgehead atoms. The molecule has 0 aliphatic heterocycles. The number of ether oxygens (including phenoxy) is 1. The first-order valence-electron chi connectivity index (χ1n) is 7.68. The van der Waals surface area contributed by atoms with E-state index in [2.05, 4.69) is 15.1 Å². The molecule has 0 radical (unpaired) electrons. The minimum absolute atomic E-state index is 0.0485. The number of carboxylic acids is 1. The highest BCUT2D eigenvalue weighted by Crippen LogP contribution is 2.23. The number of carbonyl (C=O) groups excluding carboxylic acids is 1. The van der Waals surface area contributed by atoms with Gasteiger partial charge in [0.05, 0.1) is 28.9 Å². The summed E-state index contributed by atoms with van der Waals surface area (Å²) in [5.74, 6) is -2.86. The number of carboxylic acid groups (broad SMARTS) is 1. The van der Waals surface area contributed by atoms with Crippen LogP contribution in [0.25, 0.3) is 11.0 Å². The predicted octanol–water partition coefficient (Wildman–Crippen LogP) is 3.14. The van der Waals surface area contributed by atoms with Crippen molar-refractivity contribution in [3.63, 3.8) is 0 Å². The number of esters is 1. The molecule has 2 aromatic rings. The summed E-state index contributed by atoms with van der Waals surface area (Å²) in [6.45, 7) is 2.04. The normalized spacial score (nSPS) is 10.6. The lowest BCUT2D eigenvalue weighted by molar-refractivity contribution is -0.143. The molecule has 0 amide bonds. The van der Waals surface area contributed by atoms with Gasteiger partial charge in [-0.2, -0.15) is 0 Å². The predicted molar refractivity (Wildman–Crippen MR) is 86.1 cm³/mol. The first-order valence-corrected chi connectivity index (χ1v) is 7.68. The third-order valence-electron chi connectivity index (χ3n) is 3.47. The number of unbranched alkanes of at least 4 members (excludes halogenated alkanes) is 1. The van der Waals surface area contributed by atoms with Crippen LogP contribution in [0.5, 0.6) is 0 Å². The van der Waals surface area contributed by atoms with Crippen molar-refractivity contribution in [3.8, 4) is 0 Å². The van der Waals surface area contributed by atoms with E-state index in [1.807, 2.05) is 0 Å². The molecule has 8 nitrogen and oxygen atoms in total. The van der Waals surface area contributed by atoms with Crippen LogP contribution < -0.4 is 0 Å². The van der Waals surface area contributed by atoms with Gasteiger partial charge in [0.25, 0.3) is 0 Å². The van der Waals surface area contributed by atoms with E-state index in [-0.39, 0.29) is 34.9 Å². The molecule has 1 aromatic heterocycles. The molecule has 2 rings (SSSR count). The molecule has 0 spiro atoms. The lowest BCUT2D eigenvalue weighted by Gasteiger charge is -2.06. The molecule has 0 fully saturated rings. The van der Waals surface area contributed by atoms with Crippen molar-refractivity contribution in [1.29, 1.82) is 0 Å². The average molecular weight is 349 g/mol. The number of aromatic carboxylic acids is 1. The van der Waals surface area contributed by atoms with Gasteiger partial charge in [0.15, 0.2) is 0 Å². The van der Waals surface area contributed by atoms with Gasteiger partial charge in [-0.3, -0.25) is 4.79 Å². The smallest absolute Gasteiger partial charge is 0.338 e. The number of aryl methyl sites for hydroxylation is 1. The number of hydrogen-bond acceptors (Lipinski definition) is 7. The van der Waals surface area contributed by atoms with E-state index in [0.29, 0.717) is 25.9 Å². The fourth-order valence-corrected chi connectivity index (χ4v) is 2.30. The first kappa shape index (κ1) is 18.4. The molecule has 0 atom stereocenters. The Morgan fingerprint density at radius 1 is 1.24 bits per heavy atom. The van der Waals surface area contributed by atoms with E-state index in [0.717, 1.165) is 12.1 Å². The van der Waals surface area contributed by atoms with Gasteiger partial charge in [-0.05, 0) is 37.4 Å². The van der Waals surface area contributed by atoms with Crippen molar-refractivity contribution in [1.82, 2.24) is 9.97 Å². The number of nitrogens with zero attached hydrogens (tertiary/aromatic N) is 3. The van der Waals surface area contributed by atoms with E-state index in [1.165, 1.54) is 0 Å². The summed E-state index contributed by atoms with van der Waals surface area (Å²) in [6.07, 6.45) is 1.63. The molecule has 9 heteroatoms. The zero-order chi connectivity index (χ0) is 18.4. The molecule has 1 heterocycles. The maximum absolute atomic E-state index is 13.7. The fourth-order valence-electron chi connectivity index (χ4n) is 2.30. The fraction of sp³-hybridized carbons (Fsp3) is 0.375. The molecule has 0 saturated heterocycles. The highest BCUT2D eigenvalue weighted by molar-refractivity contribution is 5.92. The Hall–Kier alpha value is -2.97. The van der Waals surface area contributed by atoms with E-state index in [1.54, 1.807) is 6.92 Å². The SMILES string of the molecule is CCOC(=O)CCCCc1nc2cc(C(=O)O)c(F)cc2nc1N=O. The van der Waals surface area contributed by atoms with Gasteiger partial charge >= 0.3 is 11.9 Å². The molecule has 0 aliphatic carbocycles. The van der Waals surface area contributed by atoms with Gasteiger partial charge in [0, 0.05) is 12.5 Å². The van der Waals surface area contributed by atoms with Crippen LogP contribution in [0.1, 0.15) is 42.2 Å². The Kier molecular flexibility index (Phi) is 6.04. The van der Waals surface area contributed by atoms with E-state index in [4.69, 9.17) is 9.84 Å². The number of nitroso groups, excluding NO2 is 1. The van der Waals surface area contributed by atoms with Gasteiger partial charge < -0.3 is 9.84 Å². The Balaban J connectivity index is 2.20. The standard InChI is InChI=1S/C16H16FN3O5/c1-2-25-14(21)6-4-3-5-11-15(20-24)19-13-8-10(17)9(16(22)23)7-12(13)18-11/h7-8H,2-6H2,1H3,(H,22,23). The number of halogens is 1. The van der Waals surface area contributed by atoms with Crippen molar-refractivity contribution in [2.75, 3.05) is 6.61 Å². The zero-order valence-electron chi connectivity index (χ0n) is 13.5. The van der Waals surface area contributed by atoms with Crippen LogP contribution in [0, 0.1) is 10.7 Å². The summed E-state index contributed by atoms with van der Waals surface area (Å²) in [7, 11) is 0. The summed E-state index contributed by atoms with van der Waals surface area (Å²) in [6, 6.07) is 1.97. The number of fused-ring (bicyclic) bond motifs is 1. The quantitative estimate of drug-likeness (QED) is 0.441. The number of carbonyl (C=O) groups is 2. The first-order chi connectivity index (χ1) is 12.0. The van der Waals surface area contributed by atoms with Crippen LogP contribution in [-0.4, -0.2) is 33.6 Å². The lowest BCUT2D eigenvalue weighted by atomic mass is 10.1. The second-order valence-corrected chi connectivity index (χ2v) is 5.22. The van der Waals surface area contributed by atoms with Crippen molar-refractivity contribution in [2.24, 2.45) is 5.18 Å².